The molecule has 2 aromatic rings. The van der Waals surface area contributed by atoms with Crippen molar-refractivity contribution < 1.29 is 19.1 Å². The molecule has 0 aliphatic rings. The van der Waals surface area contributed by atoms with E-state index in [0.717, 1.165) is 5.56 Å². The predicted octanol–water partition coefficient (Wildman–Crippen LogP) is 4.22. The van der Waals surface area contributed by atoms with E-state index in [4.69, 9.17) is 16.3 Å². The Morgan fingerprint density at radius 3 is 2.44 bits per heavy atom. The topological polar surface area (TPSA) is 84.5 Å². The van der Waals surface area contributed by atoms with Gasteiger partial charge in [0, 0.05) is 36.2 Å². The van der Waals surface area contributed by atoms with E-state index in [1.807, 2.05) is 6.92 Å². The Bertz CT molecular complexity index is 880. The number of carbonyl (C=O) groups is 3. The summed E-state index contributed by atoms with van der Waals surface area (Å²) in [5, 5.41) is 5.86. The number of nitrogens with one attached hydrogen (secondary N) is 2. The highest BCUT2D eigenvalue weighted by atomic mass is 35.5. The number of hydrogen-bond acceptors (Lipinski definition) is 4. The van der Waals surface area contributed by atoms with Gasteiger partial charge >= 0.3 is 0 Å². The third-order valence-electron chi connectivity index (χ3n) is 3.87. The number of anilines is 2. The first-order valence-electron chi connectivity index (χ1n) is 8.35. The quantitative estimate of drug-likeness (QED) is 0.695. The summed E-state index contributed by atoms with van der Waals surface area (Å²) in [7, 11) is 1.47. The Morgan fingerprint density at radius 1 is 1.04 bits per heavy atom. The summed E-state index contributed by atoms with van der Waals surface area (Å²) >= 11 is 5.94. The summed E-state index contributed by atoms with van der Waals surface area (Å²) < 4.78 is 5.17. The zero-order valence-electron chi connectivity index (χ0n) is 15.4. The molecule has 2 rings (SSSR count). The van der Waals surface area contributed by atoms with E-state index < -0.39 is 0 Å². The molecule has 0 bridgehead atoms. The van der Waals surface area contributed by atoms with E-state index in [1.165, 1.54) is 20.1 Å². The fourth-order valence-electron chi connectivity index (χ4n) is 2.51. The van der Waals surface area contributed by atoms with Crippen LogP contribution >= 0.6 is 11.6 Å². The molecular formula is C20H21ClN2O4. The van der Waals surface area contributed by atoms with E-state index in [-0.39, 0.29) is 30.4 Å². The van der Waals surface area contributed by atoms with Gasteiger partial charge in [-0.05, 0) is 42.8 Å². The summed E-state index contributed by atoms with van der Waals surface area (Å²) in [6, 6.07) is 10.0. The van der Waals surface area contributed by atoms with Gasteiger partial charge in [0.2, 0.25) is 11.8 Å². The Balaban J connectivity index is 2.01. The lowest BCUT2D eigenvalue weighted by Gasteiger charge is -2.11. The molecule has 0 atom stereocenters. The zero-order chi connectivity index (χ0) is 20.0. The second-order valence-electron chi connectivity index (χ2n) is 6.03. The largest absolute Gasteiger partial charge is 0.496 e. The third-order valence-corrected chi connectivity index (χ3v) is 4.11. The lowest BCUT2D eigenvalue weighted by Crippen LogP contribution is -2.15. The van der Waals surface area contributed by atoms with Crippen molar-refractivity contribution in [3.05, 3.63) is 52.5 Å². The van der Waals surface area contributed by atoms with Crippen LogP contribution in [0.25, 0.3) is 0 Å². The van der Waals surface area contributed by atoms with Crippen LogP contribution in [0.2, 0.25) is 5.02 Å². The first kappa shape index (κ1) is 20.5. The molecule has 0 aromatic heterocycles. The second-order valence-corrected chi connectivity index (χ2v) is 6.46. The number of methoxy groups -OCH3 is 1. The average Bonchev–Trinajstić information content (AvgIpc) is 2.62. The summed E-state index contributed by atoms with van der Waals surface area (Å²) in [6.07, 6.45) is 0.0330. The fraction of sp³-hybridized carbons (Fsp3) is 0.250. The van der Waals surface area contributed by atoms with Crippen molar-refractivity contribution in [2.45, 2.75) is 26.7 Å². The van der Waals surface area contributed by atoms with Gasteiger partial charge in [-0.3, -0.25) is 14.4 Å². The molecule has 0 heterocycles. The maximum atomic E-state index is 12.4. The van der Waals surface area contributed by atoms with Gasteiger partial charge in [0.1, 0.15) is 5.75 Å². The highest BCUT2D eigenvalue weighted by Gasteiger charge is 2.15. The first-order chi connectivity index (χ1) is 12.8. The second kappa shape index (κ2) is 9.19. The molecule has 0 saturated heterocycles. The summed E-state index contributed by atoms with van der Waals surface area (Å²) in [6.45, 7) is 3.25. The number of aryl methyl sites for hydroxylation is 1. The van der Waals surface area contributed by atoms with Crippen molar-refractivity contribution in [2.75, 3.05) is 17.7 Å². The Labute approximate surface area is 162 Å². The minimum absolute atomic E-state index is 0.0122. The third kappa shape index (κ3) is 5.82. The van der Waals surface area contributed by atoms with Gasteiger partial charge in [-0.2, -0.15) is 0 Å². The summed E-state index contributed by atoms with van der Waals surface area (Å²) in [5.74, 6) is -0.304. The molecule has 0 radical (unpaired) electrons. The number of hydrogen-bond donors (Lipinski definition) is 2. The molecule has 0 spiro atoms. The number of carbonyl (C=O) groups excluding carboxylic acids is 3. The van der Waals surface area contributed by atoms with Crippen LogP contribution in [-0.4, -0.2) is 24.7 Å². The molecule has 0 fully saturated rings. The van der Waals surface area contributed by atoms with Crippen molar-refractivity contribution in [3.8, 4) is 5.75 Å². The molecular weight excluding hydrogens is 368 g/mol. The van der Waals surface area contributed by atoms with Crippen molar-refractivity contribution in [3.63, 3.8) is 0 Å². The normalized spacial score (nSPS) is 10.2. The molecule has 2 aromatic carbocycles. The Morgan fingerprint density at radius 2 is 1.78 bits per heavy atom. The first-order valence-corrected chi connectivity index (χ1v) is 8.72. The van der Waals surface area contributed by atoms with Crippen LogP contribution in [0.15, 0.2) is 36.4 Å². The molecule has 0 saturated carbocycles. The lowest BCUT2D eigenvalue weighted by molar-refractivity contribution is -0.116. The van der Waals surface area contributed by atoms with Crippen LogP contribution in [-0.2, 0) is 9.59 Å². The van der Waals surface area contributed by atoms with Gasteiger partial charge in [0.15, 0.2) is 5.78 Å². The molecule has 7 heteroatoms. The van der Waals surface area contributed by atoms with Gasteiger partial charge in [0.25, 0.3) is 0 Å². The minimum Gasteiger partial charge on any atom is -0.496 e. The van der Waals surface area contributed by atoms with E-state index in [2.05, 4.69) is 10.6 Å². The number of Topliss-reactive ketones (excluding diaryl/α,β-unsaturated/α-hetero) is 1. The van der Waals surface area contributed by atoms with Crippen LogP contribution in [0.5, 0.6) is 5.75 Å². The lowest BCUT2D eigenvalue weighted by atomic mass is 10.1. The number of amides is 2. The summed E-state index contributed by atoms with van der Waals surface area (Å²) in [5.41, 5.74) is 2.36. The van der Waals surface area contributed by atoms with Crippen molar-refractivity contribution in [1.82, 2.24) is 0 Å². The van der Waals surface area contributed by atoms with E-state index in [9.17, 15) is 14.4 Å². The number of ether oxygens (including phenoxy) is 1. The standard InChI is InChI=1S/C20H21ClN2O4/c1-12-4-6-15(22-13(2)24)11-17(12)23-20(26)9-7-18(25)16-10-14(21)5-8-19(16)27-3/h4-6,8,10-11H,7,9H2,1-3H3,(H,22,24)(H,23,26). The van der Waals surface area contributed by atoms with Crippen molar-refractivity contribution in [2.24, 2.45) is 0 Å². The highest BCUT2D eigenvalue weighted by molar-refractivity contribution is 6.31. The molecule has 2 amide bonds. The highest BCUT2D eigenvalue weighted by Crippen LogP contribution is 2.25. The van der Waals surface area contributed by atoms with Crippen LogP contribution < -0.4 is 15.4 Å². The van der Waals surface area contributed by atoms with Gasteiger partial charge in [0.05, 0.1) is 12.7 Å². The monoisotopic (exact) mass is 388 g/mol. The smallest absolute Gasteiger partial charge is 0.224 e. The van der Waals surface area contributed by atoms with E-state index in [1.54, 1.807) is 30.3 Å². The van der Waals surface area contributed by atoms with Crippen molar-refractivity contribution >= 4 is 40.6 Å². The van der Waals surface area contributed by atoms with Gasteiger partial charge < -0.3 is 15.4 Å². The predicted molar refractivity (Wildman–Crippen MR) is 106 cm³/mol. The van der Waals surface area contributed by atoms with E-state index in [0.29, 0.717) is 27.7 Å². The van der Waals surface area contributed by atoms with Crippen LogP contribution in [0.4, 0.5) is 11.4 Å². The molecule has 2 N–H and O–H groups in total. The molecule has 27 heavy (non-hydrogen) atoms. The van der Waals surface area contributed by atoms with Crippen LogP contribution in [0.1, 0.15) is 35.7 Å². The minimum atomic E-state index is -0.299. The number of halogens is 1. The average molecular weight is 389 g/mol. The molecule has 6 nitrogen and oxygen atoms in total. The van der Waals surface area contributed by atoms with Crippen LogP contribution in [0.3, 0.4) is 0 Å². The van der Waals surface area contributed by atoms with Crippen molar-refractivity contribution in [1.29, 1.82) is 0 Å². The van der Waals surface area contributed by atoms with Crippen LogP contribution in [0, 0.1) is 6.92 Å². The van der Waals surface area contributed by atoms with Gasteiger partial charge in [-0.25, -0.2) is 0 Å². The maximum Gasteiger partial charge on any atom is 0.224 e. The molecule has 0 aliphatic carbocycles. The van der Waals surface area contributed by atoms with Gasteiger partial charge in [-0.1, -0.05) is 17.7 Å². The summed E-state index contributed by atoms with van der Waals surface area (Å²) in [4.78, 5) is 35.8. The van der Waals surface area contributed by atoms with Gasteiger partial charge in [-0.15, -0.1) is 0 Å². The maximum absolute atomic E-state index is 12.4. The molecule has 0 unspecified atom stereocenters. The number of benzene rings is 2. The fourth-order valence-corrected chi connectivity index (χ4v) is 2.68. The number of ketones is 1. The Hall–Kier alpha value is -2.86. The molecule has 142 valence electrons. The Kier molecular flexibility index (Phi) is 6.96. The number of rotatable bonds is 7. The zero-order valence-corrected chi connectivity index (χ0v) is 16.1. The SMILES string of the molecule is COc1ccc(Cl)cc1C(=O)CCC(=O)Nc1cc(NC(C)=O)ccc1C. The molecule has 0 aliphatic heterocycles. The van der Waals surface area contributed by atoms with E-state index >= 15 is 0 Å².